The minimum Gasteiger partial charge on any atom is -0.497 e. The molecule has 0 bridgehead atoms. The van der Waals surface area contributed by atoms with E-state index in [4.69, 9.17) is 14.6 Å². The predicted molar refractivity (Wildman–Crippen MR) is 176 cm³/mol. The van der Waals surface area contributed by atoms with Gasteiger partial charge in [0.1, 0.15) is 17.3 Å². The predicted octanol–water partition coefficient (Wildman–Crippen LogP) is 7.38. The normalized spacial score (nSPS) is 19.2. The first-order valence-corrected chi connectivity index (χ1v) is 16.9. The van der Waals surface area contributed by atoms with E-state index in [1.807, 2.05) is 56.6 Å². The Balaban J connectivity index is 1.21. The molecule has 2 aliphatic rings. The molecule has 9 nitrogen and oxygen atoms in total. The molecule has 242 valence electrons. The Hall–Kier alpha value is -4.22. The minimum atomic E-state index is -3.85. The fraction of sp³-hybridized carbons (Fsp3) is 0.371. The number of anilines is 2. The van der Waals surface area contributed by atoms with Crippen LogP contribution in [0.25, 0.3) is 5.57 Å². The first-order valence-electron chi connectivity index (χ1n) is 15.4. The summed E-state index contributed by atoms with van der Waals surface area (Å²) in [6.45, 7) is 12.1. The van der Waals surface area contributed by atoms with E-state index < -0.39 is 21.4 Å². The van der Waals surface area contributed by atoms with Gasteiger partial charge >= 0.3 is 0 Å². The number of halogens is 1. The van der Waals surface area contributed by atoms with E-state index in [0.29, 0.717) is 11.6 Å². The Bertz CT molecular complexity index is 1880. The Labute approximate surface area is 270 Å². The zero-order chi connectivity index (χ0) is 32.8. The standard InChI is InChI=1S/C35H40FN5O4S/c1-22(2)25-16-28(19-37-18-25)45-27-12-9-24(15-27)31-17-33(41(39-31)35(3,4)5)38-30-13-14-32-29(34(30)36)21-40(46(32,42)43)20-23-7-10-26(44-6)11-8-23/h7-8,10-11,13-14,16-19,24,27,38H,1,9,12,15,20-21H2,2-6H3/t24-,27+/m0/s1. The van der Waals surface area contributed by atoms with Gasteiger partial charge < -0.3 is 14.8 Å². The summed E-state index contributed by atoms with van der Waals surface area (Å²) in [5.41, 5.74) is 3.54. The number of allylic oxidation sites excluding steroid dienone is 1. The highest BCUT2D eigenvalue weighted by Crippen LogP contribution is 2.40. The number of methoxy groups -OCH3 is 1. The monoisotopic (exact) mass is 645 g/mol. The second-order valence-corrected chi connectivity index (χ2v) is 15.0. The van der Waals surface area contributed by atoms with Gasteiger partial charge in [-0.15, -0.1) is 0 Å². The van der Waals surface area contributed by atoms with Crippen molar-refractivity contribution in [3.05, 3.63) is 95.7 Å². The maximum atomic E-state index is 16.1. The fourth-order valence-electron chi connectivity index (χ4n) is 6.13. The summed E-state index contributed by atoms with van der Waals surface area (Å²) in [6, 6.07) is 14.1. The van der Waals surface area contributed by atoms with Crippen LogP contribution in [0.1, 0.15) is 75.3 Å². The summed E-state index contributed by atoms with van der Waals surface area (Å²) in [5, 5.41) is 8.22. The van der Waals surface area contributed by atoms with Crippen LogP contribution in [0, 0.1) is 5.82 Å². The molecule has 3 heterocycles. The molecule has 2 aromatic carbocycles. The molecule has 2 aromatic heterocycles. The summed E-state index contributed by atoms with van der Waals surface area (Å²) in [5.74, 6) is 1.64. The first-order chi connectivity index (χ1) is 21.8. The van der Waals surface area contributed by atoms with E-state index in [0.717, 1.165) is 47.4 Å². The number of sulfonamides is 1. The summed E-state index contributed by atoms with van der Waals surface area (Å²) in [6.07, 6.45) is 6.13. The molecule has 11 heteroatoms. The molecule has 6 rings (SSSR count). The number of ether oxygens (including phenoxy) is 2. The fourth-order valence-corrected chi connectivity index (χ4v) is 7.73. The number of nitrogens with zero attached hydrogens (tertiary/aromatic N) is 4. The third-order valence-corrected chi connectivity index (χ3v) is 10.5. The molecule has 0 unspecified atom stereocenters. The van der Waals surface area contributed by atoms with Crippen LogP contribution in [0.4, 0.5) is 15.9 Å². The van der Waals surface area contributed by atoms with E-state index in [1.165, 1.54) is 16.4 Å². The van der Waals surface area contributed by atoms with Gasteiger partial charge in [0, 0.05) is 36.8 Å². The average Bonchev–Trinajstić information content (AvgIpc) is 3.72. The van der Waals surface area contributed by atoms with Crippen LogP contribution in [0.15, 0.2) is 72.4 Å². The van der Waals surface area contributed by atoms with Crippen molar-refractivity contribution in [2.24, 2.45) is 0 Å². The van der Waals surface area contributed by atoms with Crippen molar-refractivity contribution < 1.29 is 22.3 Å². The van der Waals surface area contributed by atoms with E-state index in [9.17, 15) is 8.42 Å². The van der Waals surface area contributed by atoms with E-state index in [1.54, 1.807) is 31.6 Å². The van der Waals surface area contributed by atoms with E-state index in [-0.39, 0.29) is 41.3 Å². The first kappa shape index (κ1) is 31.7. The van der Waals surface area contributed by atoms with Gasteiger partial charge in [0.25, 0.3) is 0 Å². The molecule has 1 aliphatic heterocycles. The van der Waals surface area contributed by atoms with Crippen molar-refractivity contribution in [3.63, 3.8) is 0 Å². The molecule has 0 spiro atoms. The van der Waals surface area contributed by atoms with Crippen molar-refractivity contribution >= 4 is 27.1 Å². The summed E-state index contributed by atoms with van der Waals surface area (Å²) >= 11 is 0. The lowest BCUT2D eigenvalue weighted by atomic mass is 10.0. The smallest absolute Gasteiger partial charge is 0.244 e. The number of hydrogen-bond acceptors (Lipinski definition) is 7. The molecule has 1 N–H and O–H groups in total. The number of benzene rings is 2. The number of hydrogen-bond donors (Lipinski definition) is 1. The summed E-state index contributed by atoms with van der Waals surface area (Å²) in [7, 11) is -2.28. The van der Waals surface area contributed by atoms with Crippen LogP contribution in [0.5, 0.6) is 11.5 Å². The van der Waals surface area contributed by atoms with Crippen LogP contribution < -0.4 is 14.8 Å². The third kappa shape index (κ3) is 6.26. The van der Waals surface area contributed by atoms with Gasteiger partial charge in [0.2, 0.25) is 10.0 Å². The van der Waals surface area contributed by atoms with Gasteiger partial charge in [-0.25, -0.2) is 17.5 Å². The van der Waals surface area contributed by atoms with Gasteiger partial charge in [-0.2, -0.15) is 9.40 Å². The third-order valence-electron chi connectivity index (χ3n) is 8.61. The molecule has 1 fully saturated rings. The number of fused-ring (bicyclic) bond motifs is 1. The van der Waals surface area contributed by atoms with Crippen molar-refractivity contribution in [1.82, 2.24) is 19.1 Å². The highest BCUT2D eigenvalue weighted by molar-refractivity contribution is 7.89. The van der Waals surface area contributed by atoms with Gasteiger partial charge in [-0.1, -0.05) is 18.7 Å². The molecule has 0 saturated heterocycles. The maximum Gasteiger partial charge on any atom is 0.244 e. The Morgan fingerprint density at radius 3 is 2.54 bits per heavy atom. The molecule has 0 radical (unpaired) electrons. The SMILES string of the molecule is C=C(C)c1cncc(O[C@@H]2CC[C@H](c3cc(Nc4ccc5c(c4F)CN(Cc4ccc(OC)cc4)S5(=O)=O)n(C(C)(C)C)n3)C2)c1. The van der Waals surface area contributed by atoms with Crippen LogP contribution in [0.2, 0.25) is 0 Å². The second kappa shape index (κ2) is 12.2. The molecular formula is C35H40FN5O4S. The highest BCUT2D eigenvalue weighted by Gasteiger charge is 2.38. The van der Waals surface area contributed by atoms with Crippen LogP contribution in [0.3, 0.4) is 0 Å². The molecule has 0 amide bonds. The second-order valence-electron chi connectivity index (χ2n) is 13.1. The van der Waals surface area contributed by atoms with E-state index in [2.05, 4.69) is 16.9 Å². The highest BCUT2D eigenvalue weighted by atomic mass is 32.2. The molecular weight excluding hydrogens is 605 g/mol. The maximum absolute atomic E-state index is 16.1. The number of nitrogens with one attached hydrogen (secondary N) is 1. The largest absolute Gasteiger partial charge is 0.497 e. The quantitative estimate of drug-likeness (QED) is 0.203. The zero-order valence-corrected chi connectivity index (χ0v) is 27.7. The number of rotatable bonds is 9. The molecule has 4 aromatic rings. The summed E-state index contributed by atoms with van der Waals surface area (Å²) < 4.78 is 57.4. The zero-order valence-electron chi connectivity index (χ0n) is 26.9. The van der Waals surface area contributed by atoms with Crippen molar-refractivity contribution in [2.75, 3.05) is 12.4 Å². The molecule has 1 aliphatic carbocycles. The van der Waals surface area contributed by atoms with Gasteiger partial charge in [0.15, 0.2) is 5.82 Å². The van der Waals surface area contributed by atoms with Gasteiger partial charge in [0.05, 0.1) is 41.2 Å². The topological polar surface area (TPSA) is 98.6 Å². The number of aromatic nitrogens is 3. The van der Waals surface area contributed by atoms with Crippen molar-refractivity contribution in [1.29, 1.82) is 0 Å². The van der Waals surface area contributed by atoms with Crippen molar-refractivity contribution in [2.45, 2.75) is 82.5 Å². The van der Waals surface area contributed by atoms with Gasteiger partial charge in [-0.3, -0.25) is 4.98 Å². The van der Waals surface area contributed by atoms with Gasteiger partial charge in [-0.05, 0) is 94.0 Å². The lowest BCUT2D eigenvalue weighted by Gasteiger charge is -2.23. The van der Waals surface area contributed by atoms with Crippen LogP contribution in [-0.2, 0) is 28.7 Å². The number of pyridine rings is 1. The van der Waals surface area contributed by atoms with Crippen LogP contribution in [-0.4, -0.2) is 40.7 Å². The summed E-state index contributed by atoms with van der Waals surface area (Å²) in [4.78, 5) is 4.29. The van der Waals surface area contributed by atoms with Crippen LogP contribution >= 0.6 is 0 Å². The van der Waals surface area contributed by atoms with E-state index >= 15 is 4.39 Å². The lowest BCUT2D eigenvalue weighted by molar-refractivity contribution is 0.207. The Morgan fingerprint density at radius 1 is 1.09 bits per heavy atom. The molecule has 2 atom stereocenters. The minimum absolute atomic E-state index is 0.00457. The lowest BCUT2D eigenvalue weighted by Crippen LogP contribution is -2.25. The molecule has 1 saturated carbocycles. The Morgan fingerprint density at radius 2 is 1.85 bits per heavy atom. The Kier molecular flexibility index (Phi) is 8.41. The molecule has 46 heavy (non-hydrogen) atoms. The average molecular weight is 646 g/mol. The van der Waals surface area contributed by atoms with Crippen molar-refractivity contribution in [3.8, 4) is 11.5 Å².